The average Bonchev–Trinajstić information content (AvgIpc) is 3.39. The summed E-state index contributed by atoms with van der Waals surface area (Å²) in [5, 5.41) is 6.67. The summed E-state index contributed by atoms with van der Waals surface area (Å²) in [4.78, 5) is 49.0. The van der Waals surface area contributed by atoms with Crippen LogP contribution in [0, 0.1) is 11.8 Å². The van der Waals surface area contributed by atoms with Crippen LogP contribution in [0.25, 0.3) is 11.0 Å². The molecule has 1 N–H and O–H groups in total. The zero-order valence-corrected chi connectivity index (χ0v) is 23.0. The average molecular weight is 534 g/mol. The highest BCUT2D eigenvalue weighted by Gasteiger charge is 2.31. The molecule has 0 saturated carbocycles. The summed E-state index contributed by atoms with van der Waals surface area (Å²) in [6.45, 7) is 6.31. The molecule has 4 rings (SSSR count). The predicted octanol–water partition coefficient (Wildman–Crippen LogP) is 3.01. The summed E-state index contributed by atoms with van der Waals surface area (Å²) in [6, 6.07) is 4.79. The topological polar surface area (TPSA) is 117 Å². The van der Waals surface area contributed by atoms with Gasteiger partial charge < -0.3 is 4.74 Å². The maximum atomic E-state index is 13.0. The van der Waals surface area contributed by atoms with Gasteiger partial charge >= 0.3 is 11.7 Å². The molecule has 1 atom stereocenters. The fraction of sp³-hybridized carbons (Fsp3) is 0.483. The number of esters is 1. The molecule has 1 fully saturated rings. The molecule has 0 radical (unpaired) electrons. The van der Waals surface area contributed by atoms with Gasteiger partial charge in [-0.2, -0.15) is 5.10 Å². The van der Waals surface area contributed by atoms with Gasteiger partial charge in [0.25, 0.3) is 0 Å². The van der Waals surface area contributed by atoms with E-state index < -0.39 is 17.6 Å². The van der Waals surface area contributed by atoms with E-state index in [1.54, 1.807) is 19.3 Å². The van der Waals surface area contributed by atoms with Crippen LogP contribution in [0.4, 0.5) is 0 Å². The molecule has 0 bridgehead atoms. The number of aromatic nitrogens is 4. The van der Waals surface area contributed by atoms with Crippen molar-refractivity contribution in [3.63, 3.8) is 0 Å². The zero-order valence-electron chi connectivity index (χ0n) is 23.0. The van der Waals surface area contributed by atoms with E-state index in [9.17, 15) is 19.2 Å². The molecule has 10 heteroatoms. The van der Waals surface area contributed by atoms with Gasteiger partial charge in [-0.3, -0.25) is 33.5 Å². The number of benzene rings is 1. The Morgan fingerprint density at radius 2 is 1.97 bits per heavy atom. The van der Waals surface area contributed by atoms with Crippen LogP contribution in [-0.4, -0.2) is 42.3 Å². The Morgan fingerprint density at radius 1 is 1.18 bits per heavy atom. The second-order valence-corrected chi connectivity index (χ2v) is 10.8. The number of nitrogens with zero attached hydrogens (tertiary/aromatic N) is 4. The molecule has 1 aliphatic rings. The molecule has 1 aliphatic heterocycles. The number of hydrogen-bond acceptors (Lipinski definition) is 6. The standard InChI is InChI=1S/C29H35N5O5/c1-29(2,3)39-25(36)17-20-18-30-33(19-20)16-9-7-5-6-8-11-21-12-10-13-22-26(21)32(4)28(38)34(22)23-14-15-24(35)31-27(23)37/h10,12-13,18-19,23H,5-7,9,14-17H2,1-4H3,(H,31,35,37). The van der Waals surface area contributed by atoms with Crippen molar-refractivity contribution in [3.8, 4) is 11.8 Å². The number of amides is 2. The van der Waals surface area contributed by atoms with E-state index in [-0.39, 0.29) is 30.4 Å². The Balaban J connectivity index is 1.31. The van der Waals surface area contributed by atoms with E-state index in [0.717, 1.165) is 36.9 Å². The molecule has 0 aliphatic carbocycles. The summed E-state index contributed by atoms with van der Waals surface area (Å²) in [5.74, 6) is 5.38. The number of rotatable bonds is 8. The minimum absolute atomic E-state index is 0.201. The molecule has 1 unspecified atom stereocenters. The van der Waals surface area contributed by atoms with Crippen LogP contribution >= 0.6 is 0 Å². The Hall–Kier alpha value is -4.13. The Kier molecular flexibility index (Phi) is 8.38. The van der Waals surface area contributed by atoms with Crippen LogP contribution in [0.15, 0.2) is 35.4 Å². The van der Waals surface area contributed by atoms with Crippen molar-refractivity contribution >= 4 is 28.8 Å². The molecule has 206 valence electrons. The second-order valence-electron chi connectivity index (χ2n) is 10.8. The molecule has 10 nitrogen and oxygen atoms in total. The van der Waals surface area contributed by atoms with Gasteiger partial charge in [-0.15, -0.1) is 0 Å². The number of nitrogens with one attached hydrogen (secondary N) is 1. The van der Waals surface area contributed by atoms with Gasteiger partial charge in [-0.05, 0) is 52.2 Å². The van der Waals surface area contributed by atoms with E-state index >= 15 is 0 Å². The van der Waals surface area contributed by atoms with Crippen molar-refractivity contribution in [3.05, 3.63) is 52.2 Å². The molecular formula is C29H35N5O5. The van der Waals surface area contributed by atoms with E-state index in [1.165, 1.54) is 9.13 Å². The van der Waals surface area contributed by atoms with Gasteiger partial charge in [0.05, 0.1) is 29.2 Å². The lowest BCUT2D eigenvalue weighted by Crippen LogP contribution is -2.44. The van der Waals surface area contributed by atoms with Crippen molar-refractivity contribution < 1.29 is 19.1 Å². The molecule has 2 aromatic heterocycles. The summed E-state index contributed by atoms with van der Waals surface area (Å²) < 4.78 is 10.2. The summed E-state index contributed by atoms with van der Waals surface area (Å²) in [6.07, 6.45) is 7.84. The van der Waals surface area contributed by atoms with Gasteiger partial charge in [0, 0.05) is 38.2 Å². The molecule has 1 saturated heterocycles. The van der Waals surface area contributed by atoms with Crippen LogP contribution in [0.2, 0.25) is 0 Å². The van der Waals surface area contributed by atoms with E-state index in [4.69, 9.17) is 4.74 Å². The molecule has 3 aromatic rings. The van der Waals surface area contributed by atoms with Gasteiger partial charge in [-0.25, -0.2) is 4.79 Å². The number of carbonyl (C=O) groups is 3. The maximum absolute atomic E-state index is 13.0. The van der Waals surface area contributed by atoms with Gasteiger partial charge in [0.1, 0.15) is 11.6 Å². The normalized spacial score (nSPS) is 15.6. The molecule has 2 amide bonds. The van der Waals surface area contributed by atoms with E-state index in [1.807, 2.05) is 43.8 Å². The number of carbonyl (C=O) groups excluding carboxylic acids is 3. The molecule has 0 spiro atoms. The van der Waals surface area contributed by atoms with Crippen LogP contribution in [0.3, 0.4) is 0 Å². The fourth-order valence-corrected chi connectivity index (χ4v) is 4.75. The first kappa shape index (κ1) is 27.9. The van der Waals surface area contributed by atoms with Crippen LogP contribution in [0.5, 0.6) is 0 Å². The molecule has 1 aromatic carbocycles. The largest absolute Gasteiger partial charge is 0.460 e. The number of aryl methyl sites for hydroxylation is 2. The van der Waals surface area contributed by atoms with Crippen molar-refractivity contribution in [1.29, 1.82) is 0 Å². The Bertz CT molecular complexity index is 1510. The minimum atomic E-state index is -0.717. The minimum Gasteiger partial charge on any atom is -0.460 e. The molecule has 3 heterocycles. The summed E-state index contributed by atoms with van der Waals surface area (Å²) in [5.41, 5.74) is 2.08. The summed E-state index contributed by atoms with van der Waals surface area (Å²) >= 11 is 0. The van der Waals surface area contributed by atoms with Crippen molar-refractivity contribution in [1.82, 2.24) is 24.2 Å². The highest BCUT2D eigenvalue weighted by molar-refractivity contribution is 6.00. The number of hydrogen-bond donors (Lipinski definition) is 1. The number of imidazole rings is 1. The third-order valence-electron chi connectivity index (χ3n) is 6.49. The first-order chi connectivity index (χ1) is 18.5. The van der Waals surface area contributed by atoms with Crippen LogP contribution < -0.4 is 11.0 Å². The summed E-state index contributed by atoms with van der Waals surface area (Å²) in [7, 11) is 1.67. The van der Waals surface area contributed by atoms with Gasteiger partial charge in [0.2, 0.25) is 11.8 Å². The van der Waals surface area contributed by atoms with Crippen molar-refractivity contribution in [2.24, 2.45) is 7.05 Å². The Labute approximate surface area is 227 Å². The van der Waals surface area contributed by atoms with E-state index in [2.05, 4.69) is 22.3 Å². The molecular weight excluding hydrogens is 498 g/mol. The lowest BCUT2D eigenvalue weighted by Gasteiger charge is -2.21. The third-order valence-corrected chi connectivity index (χ3v) is 6.49. The number of ether oxygens (including phenoxy) is 1. The first-order valence-electron chi connectivity index (χ1n) is 13.3. The molecule has 39 heavy (non-hydrogen) atoms. The van der Waals surface area contributed by atoms with Gasteiger partial charge in [-0.1, -0.05) is 24.3 Å². The van der Waals surface area contributed by atoms with Crippen LogP contribution in [0.1, 0.15) is 76.5 Å². The fourth-order valence-electron chi connectivity index (χ4n) is 4.75. The smallest absolute Gasteiger partial charge is 0.329 e. The first-order valence-corrected chi connectivity index (χ1v) is 13.3. The SMILES string of the molecule is Cn1c(=O)n(C2CCC(=O)NC2=O)c2cccc(C#CCCCCCn3cc(CC(=O)OC(C)(C)C)cn3)c21. The van der Waals surface area contributed by atoms with Gasteiger partial charge in [0.15, 0.2) is 0 Å². The number of unbranched alkanes of at least 4 members (excludes halogenated alkanes) is 3. The number of para-hydroxylation sites is 1. The predicted molar refractivity (Wildman–Crippen MR) is 146 cm³/mol. The van der Waals surface area contributed by atoms with E-state index in [0.29, 0.717) is 23.9 Å². The van der Waals surface area contributed by atoms with Crippen molar-refractivity contribution in [2.75, 3.05) is 0 Å². The highest BCUT2D eigenvalue weighted by Crippen LogP contribution is 2.24. The Morgan fingerprint density at radius 3 is 2.72 bits per heavy atom. The van der Waals surface area contributed by atoms with Crippen LogP contribution in [-0.2, 0) is 39.1 Å². The maximum Gasteiger partial charge on any atom is 0.329 e. The number of fused-ring (bicyclic) bond motifs is 1. The monoisotopic (exact) mass is 533 g/mol. The highest BCUT2D eigenvalue weighted by atomic mass is 16.6. The zero-order chi connectivity index (χ0) is 28.2. The second kappa shape index (κ2) is 11.7. The lowest BCUT2D eigenvalue weighted by molar-refractivity contribution is -0.154. The number of imide groups is 1. The quantitative estimate of drug-likeness (QED) is 0.206. The third kappa shape index (κ3) is 6.85. The number of piperidine rings is 1. The van der Waals surface area contributed by atoms with Crippen molar-refractivity contribution in [2.45, 2.75) is 83.9 Å². The lowest BCUT2D eigenvalue weighted by atomic mass is 10.1.